The van der Waals surface area contributed by atoms with Crippen molar-refractivity contribution in [3.63, 3.8) is 0 Å². The average Bonchev–Trinajstić information content (AvgIpc) is 2.62. The van der Waals surface area contributed by atoms with E-state index in [4.69, 9.17) is 21.7 Å². The van der Waals surface area contributed by atoms with Crippen molar-refractivity contribution in [3.05, 3.63) is 47.0 Å². The SMILES string of the molecule is CC(N)(Cc1ccc(O)c([211At])c1)C(=O)O.Cc1cc(CC(C)(N)C(=O)O)cc([211At])c1O. The minimum atomic E-state index is -1.28. The number of carboxylic acid groups (broad SMARTS) is 2. The Kier molecular flexibility index (Phi) is 9.83. The van der Waals surface area contributed by atoms with Crippen LogP contribution in [0.1, 0.15) is 30.5 Å². The van der Waals surface area contributed by atoms with E-state index in [0.29, 0.717) is 0 Å². The van der Waals surface area contributed by atoms with Crippen LogP contribution >= 0.6 is 0 Å². The van der Waals surface area contributed by atoms with Gasteiger partial charge in [0, 0.05) is 0 Å². The molecular weight excluding hydrogens is 798 g/mol. The Balaban J connectivity index is 0.000000311. The third kappa shape index (κ3) is 8.26. The number of carbonyl (C=O) groups is 2. The van der Waals surface area contributed by atoms with Crippen molar-refractivity contribution in [2.45, 2.75) is 44.7 Å². The number of phenolic OH excluding ortho intramolecular Hbond substituents is 2. The zero-order valence-electron chi connectivity index (χ0n) is 17.3. The van der Waals surface area contributed by atoms with Crippen molar-refractivity contribution >= 4 is 18.5 Å². The normalized spacial score (nSPS) is 14.5. The van der Waals surface area contributed by atoms with Crippen LogP contribution in [0.3, 0.4) is 0 Å². The van der Waals surface area contributed by atoms with Crippen LogP contribution in [-0.4, -0.2) is 43.4 Å². The second kappa shape index (κ2) is 11.0. The van der Waals surface area contributed by atoms with E-state index >= 15 is 0 Å². The number of rotatable bonds is 6. The van der Waals surface area contributed by atoms with E-state index in [2.05, 4.69) is 0 Å². The zero-order valence-corrected chi connectivity index (χ0v) is 23.2. The molecule has 0 aliphatic heterocycles. The summed E-state index contributed by atoms with van der Waals surface area (Å²) in [5.41, 5.74) is 11.1. The summed E-state index contributed by atoms with van der Waals surface area (Å²) in [7, 11) is 0. The molecule has 0 amide bonds. The molecule has 8 nitrogen and oxygen atoms in total. The molecule has 0 spiro atoms. The molecule has 0 fully saturated rings. The van der Waals surface area contributed by atoms with Crippen molar-refractivity contribution in [1.82, 2.24) is 0 Å². The maximum atomic E-state index is 10.9. The van der Waals surface area contributed by atoms with E-state index in [9.17, 15) is 19.8 Å². The van der Waals surface area contributed by atoms with Crippen LogP contribution < -0.4 is 18.0 Å². The molecule has 31 heavy (non-hydrogen) atoms. The Labute approximate surface area is 211 Å². The van der Waals surface area contributed by atoms with E-state index in [-0.39, 0.29) is 24.3 Å². The average molecular weight is 824 g/mol. The van der Waals surface area contributed by atoms with Crippen LogP contribution in [0.2, 0.25) is 0 Å². The van der Waals surface area contributed by atoms with Crippen LogP contribution in [0.15, 0.2) is 30.3 Å². The fourth-order valence-electron chi connectivity index (χ4n) is 2.57. The third-order valence-electron chi connectivity index (χ3n) is 4.45. The van der Waals surface area contributed by atoms with Gasteiger partial charge in [0.2, 0.25) is 0 Å². The number of benzene rings is 2. The second-order valence-electron chi connectivity index (χ2n) is 7.83. The molecule has 10 heteroatoms. The quantitative estimate of drug-likeness (QED) is 0.240. The molecule has 0 aliphatic carbocycles. The number of phenols is 2. The van der Waals surface area contributed by atoms with Crippen LogP contribution in [0.5, 0.6) is 11.5 Å². The van der Waals surface area contributed by atoms with Crippen molar-refractivity contribution < 1.29 is 79.5 Å². The summed E-state index contributed by atoms with van der Waals surface area (Å²) >= 11 is 2.70. The Morgan fingerprint density at radius 3 is 1.74 bits per heavy atom. The summed E-state index contributed by atoms with van der Waals surface area (Å²) in [6.07, 6.45) is 0.498. The molecule has 0 saturated heterocycles. The first-order valence-corrected chi connectivity index (χ1v) is 12.0. The van der Waals surface area contributed by atoms with E-state index in [1.54, 1.807) is 37.3 Å². The number of aryl methyl sites for hydroxylation is 1. The Morgan fingerprint density at radius 1 is 0.871 bits per heavy atom. The van der Waals surface area contributed by atoms with E-state index in [1.165, 1.54) is 63.3 Å². The number of aliphatic carboxylic acids is 2. The van der Waals surface area contributed by atoms with E-state index in [1.807, 2.05) is 0 Å². The number of hydrogen-bond donors (Lipinski definition) is 6. The molecular formula is C21H26At2N2O6. The maximum absolute atomic E-state index is 10.9. The van der Waals surface area contributed by atoms with Gasteiger partial charge in [0.15, 0.2) is 0 Å². The molecule has 0 saturated carbocycles. The molecule has 2 atom stereocenters. The first kappa shape index (κ1) is 27.7. The van der Waals surface area contributed by atoms with Gasteiger partial charge in [-0.3, -0.25) is 0 Å². The Morgan fingerprint density at radius 2 is 1.32 bits per heavy atom. The summed E-state index contributed by atoms with van der Waals surface area (Å²) in [4.78, 5) is 21.7. The van der Waals surface area contributed by atoms with E-state index in [0.717, 1.165) is 23.2 Å². The summed E-state index contributed by atoms with van der Waals surface area (Å²) in [6, 6.07) is 8.56. The van der Waals surface area contributed by atoms with Gasteiger partial charge >= 0.3 is 213 Å². The minimum absolute atomic E-state index is 0.226. The number of aromatic hydroxyl groups is 2. The molecule has 0 bridgehead atoms. The van der Waals surface area contributed by atoms with Gasteiger partial charge in [0.05, 0.1) is 0 Å². The van der Waals surface area contributed by atoms with Crippen LogP contribution in [0.25, 0.3) is 0 Å². The van der Waals surface area contributed by atoms with Gasteiger partial charge in [-0.25, -0.2) is 0 Å². The standard InChI is InChI=1S/C11H14AtNO3.C10H12AtNO3/c1-6-3-7(4-8(12)9(6)14)5-11(2,13)10(15)16;1-10(12,9(14)15)5-6-2-3-8(13)7(11)4-6/h3-4,14H,5,13H2,1-2H3,(H,15,16);2-4,13H,5,12H2,1H3,(H,14,15)/i12+1;11+1. The van der Waals surface area contributed by atoms with Gasteiger partial charge < -0.3 is 0 Å². The molecule has 2 aromatic carbocycles. The number of carboxylic acids is 2. The molecule has 0 heterocycles. The first-order chi connectivity index (χ1) is 14.1. The number of hydrogen-bond acceptors (Lipinski definition) is 6. The molecule has 8 N–H and O–H groups in total. The first-order valence-electron chi connectivity index (χ1n) is 9.06. The van der Waals surface area contributed by atoms with E-state index < -0.39 is 23.0 Å². The van der Waals surface area contributed by atoms with Gasteiger partial charge in [0.1, 0.15) is 0 Å². The summed E-state index contributed by atoms with van der Waals surface area (Å²) < 4.78 is 1.56. The predicted octanol–water partition coefficient (Wildman–Crippen LogP) is 0.131. The summed E-state index contributed by atoms with van der Waals surface area (Å²) in [6.45, 7) is 4.74. The van der Waals surface area contributed by atoms with Crippen molar-refractivity contribution in [2.75, 3.05) is 0 Å². The Hall–Kier alpha value is -1.33. The molecule has 170 valence electrons. The van der Waals surface area contributed by atoms with Gasteiger partial charge in [-0.2, -0.15) is 0 Å². The topological polar surface area (TPSA) is 167 Å². The predicted molar refractivity (Wildman–Crippen MR) is 108 cm³/mol. The van der Waals surface area contributed by atoms with Crippen LogP contribution in [0, 0.1) is 56.4 Å². The monoisotopic (exact) mass is 824 g/mol. The van der Waals surface area contributed by atoms with Gasteiger partial charge in [-0.05, 0) is 0 Å². The number of nitrogens with two attached hydrogens (primary N) is 2. The van der Waals surface area contributed by atoms with Crippen molar-refractivity contribution in [2.24, 2.45) is 11.5 Å². The molecule has 0 aromatic heterocycles. The molecule has 0 aliphatic rings. The zero-order chi connectivity index (χ0) is 24.1. The summed E-state index contributed by atoms with van der Waals surface area (Å²) in [5.74, 6) is -1.56. The van der Waals surface area contributed by atoms with Gasteiger partial charge in [0.25, 0.3) is 0 Å². The second-order valence-corrected chi connectivity index (χ2v) is 11.0. The van der Waals surface area contributed by atoms with Crippen molar-refractivity contribution in [1.29, 1.82) is 0 Å². The molecule has 2 unspecified atom stereocenters. The van der Waals surface area contributed by atoms with Gasteiger partial charge in [-0.1, -0.05) is 0 Å². The van der Waals surface area contributed by atoms with Crippen LogP contribution in [0.4, 0.5) is 0 Å². The molecule has 2 rings (SSSR count). The van der Waals surface area contributed by atoms with Gasteiger partial charge in [-0.15, -0.1) is 0 Å². The Bertz CT molecular complexity index is 953. The summed E-state index contributed by atoms with van der Waals surface area (Å²) in [5, 5.41) is 36.7. The molecule has 2 aromatic rings. The fraction of sp³-hybridized carbons (Fsp3) is 0.333. The van der Waals surface area contributed by atoms with Crippen LogP contribution in [-0.2, 0) is 22.4 Å². The fourth-order valence-corrected chi connectivity index (χ4v) is 4.48. The third-order valence-corrected chi connectivity index (χ3v) is 6.74. The van der Waals surface area contributed by atoms with Crippen molar-refractivity contribution in [3.8, 4) is 11.5 Å². The molecule has 0 radical (unpaired) electrons.